The average molecular weight is 368 g/mol. The topological polar surface area (TPSA) is 75.7 Å². The smallest absolute Gasteiger partial charge is 0.251 e. The molecule has 0 saturated carbocycles. The van der Waals surface area contributed by atoms with Crippen LogP contribution in [-0.4, -0.2) is 39.3 Å². The number of thiophene rings is 1. The molecule has 2 rings (SSSR count). The molecule has 6 nitrogen and oxygen atoms in total. The van der Waals surface area contributed by atoms with Crippen LogP contribution in [0.2, 0.25) is 0 Å². The Kier molecular flexibility index (Phi) is 5.98. The Morgan fingerprint density at radius 1 is 1.33 bits per heavy atom. The molecule has 0 bridgehead atoms. The van der Waals surface area contributed by atoms with E-state index in [0.29, 0.717) is 6.61 Å². The van der Waals surface area contributed by atoms with Crippen molar-refractivity contribution in [2.45, 2.75) is 18.4 Å². The number of hydrogen-bond acceptors (Lipinski definition) is 5. The van der Waals surface area contributed by atoms with E-state index in [1.165, 1.54) is 41.9 Å². The lowest BCUT2D eigenvalue weighted by Gasteiger charge is -2.19. The van der Waals surface area contributed by atoms with Crippen LogP contribution in [0.1, 0.15) is 22.2 Å². The molecule has 24 heavy (non-hydrogen) atoms. The summed E-state index contributed by atoms with van der Waals surface area (Å²) in [6.45, 7) is 2.37. The maximum absolute atomic E-state index is 12.9. The fourth-order valence-electron chi connectivity index (χ4n) is 2.14. The van der Waals surface area contributed by atoms with E-state index in [9.17, 15) is 13.2 Å². The van der Waals surface area contributed by atoms with Crippen molar-refractivity contribution in [1.82, 2.24) is 9.62 Å². The van der Waals surface area contributed by atoms with Crippen LogP contribution < -0.4 is 10.1 Å². The van der Waals surface area contributed by atoms with Crippen molar-refractivity contribution in [3.05, 3.63) is 46.2 Å². The van der Waals surface area contributed by atoms with Crippen LogP contribution in [0.4, 0.5) is 0 Å². The Morgan fingerprint density at radius 3 is 2.67 bits per heavy atom. The zero-order valence-electron chi connectivity index (χ0n) is 13.8. The van der Waals surface area contributed by atoms with Gasteiger partial charge in [0.05, 0.1) is 6.61 Å². The summed E-state index contributed by atoms with van der Waals surface area (Å²) in [5.41, 5.74) is 0.268. The first-order chi connectivity index (χ1) is 11.4. The Labute approximate surface area is 146 Å². The number of amides is 1. The highest BCUT2D eigenvalue weighted by atomic mass is 32.2. The number of nitrogens with zero attached hydrogens (tertiary/aromatic N) is 1. The van der Waals surface area contributed by atoms with Crippen molar-refractivity contribution >= 4 is 27.3 Å². The van der Waals surface area contributed by atoms with E-state index in [1.807, 2.05) is 17.5 Å². The van der Waals surface area contributed by atoms with Gasteiger partial charge in [0.1, 0.15) is 10.6 Å². The van der Waals surface area contributed by atoms with Gasteiger partial charge in [-0.1, -0.05) is 6.07 Å². The minimum Gasteiger partial charge on any atom is -0.492 e. The van der Waals surface area contributed by atoms with Crippen molar-refractivity contribution in [3.8, 4) is 5.75 Å². The quantitative estimate of drug-likeness (QED) is 0.814. The van der Waals surface area contributed by atoms with E-state index in [1.54, 1.807) is 13.0 Å². The molecule has 0 unspecified atom stereocenters. The lowest BCUT2D eigenvalue weighted by Crippen LogP contribution is -2.27. The molecule has 0 spiro atoms. The Morgan fingerprint density at radius 2 is 2.08 bits per heavy atom. The Balaban J connectivity index is 2.43. The first kappa shape index (κ1) is 18.4. The number of ether oxygens (including phenoxy) is 1. The number of sulfonamides is 1. The number of hydrogen-bond donors (Lipinski definition) is 1. The molecular formula is C16H20N2O4S2. The molecule has 1 aromatic carbocycles. The highest BCUT2D eigenvalue weighted by Crippen LogP contribution is 2.29. The molecule has 0 fully saturated rings. The van der Waals surface area contributed by atoms with Gasteiger partial charge in [0.25, 0.3) is 5.91 Å². The molecule has 0 aliphatic carbocycles. The minimum absolute atomic E-state index is 0.00972. The highest BCUT2D eigenvalue weighted by molar-refractivity contribution is 7.89. The minimum atomic E-state index is -3.80. The summed E-state index contributed by atoms with van der Waals surface area (Å²) in [6.07, 6.45) is 0. The summed E-state index contributed by atoms with van der Waals surface area (Å²) < 4.78 is 32.6. The van der Waals surface area contributed by atoms with Crippen molar-refractivity contribution < 1.29 is 17.9 Å². The summed E-state index contributed by atoms with van der Waals surface area (Å²) >= 11 is 1.49. The molecule has 0 atom stereocenters. The van der Waals surface area contributed by atoms with Crippen LogP contribution in [-0.2, 0) is 16.6 Å². The van der Waals surface area contributed by atoms with E-state index < -0.39 is 10.0 Å². The lowest BCUT2D eigenvalue weighted by atomic mass is 10.2. The standard InChI is InChI=1S/C16H20N2O4S2/c1-4-22-14-8-7-12(16(19)17-2)10-15(14)24(20,21)18(3)11-13-6-5-9-23-13/h5-10H,4,11H2,1-3H3,(H,17,19). The van der Waals surface area contributed by atoms with Crippen LogP contribution >= 0.6 is 11.3 Å². The van der Waals surface area contributed by atoms with Gasteiger partial charge >= 0.3 is 0 Å². The summed E-state index contributed by atoms with van der Waals surface area (Å²) in [5, 5.41) is 4.39. The number of benzene rings is 1. The molecule has 0 aliphatic rings. The molecular weight excluding hydrogens is 348 g/mol. The molecule has 0 saturated heterocycles. The number of rotatable bonds is 7. The van der Waals surface area contributed by atoms with Gasteiger partial charge in [0.15, 0.2) is 0 Å². The van der Waals surface area contributed by atoms with Crippen molar-refractivity contribution in [1.29, 1.82) is 0 Å². The third-order valence-electron chi connectivity index (χ3n) is 3.38. The summed E-state index contributed by atoms with van der Waals surface area (Å²) in [6, 6.07) is 8.16. The fourth-order valence-corrected chi connectivity index (χ4v) is 4.29. The van der Waals surface area contributed by atoms with Gasteiger partial charge in [-0.05, 0) is 36.6 Å². The van der Waals surface area contributed by atoms with Crippen molar-refractivity contribution in [2.75, 3.05) is 20.7 Å². The van der Waals surface area contributed by atoms with Crippen LogP contribution in [0.5, 0.6) is 5.75 Å². The summed E-state index contributed by atoms with van der Waals surface area (Å²) in [7, 11) is -0.790. The van der Waals surface area contributed by atoms with E-state index in [4.69, 9.17) is 4.74 Å². The molecule has 1 N–H and O–H groups in total. The zero-order valence-corrected chi connectivity index (χ0v) is 15.4. The maximum atomic E-state index is 12.9. The van der Waals surface area contributed by atoms with E-state index in [0.717, 1.165) is 4.88 Å². The summed E-state index contributed by atoms with van der Waals surface area (Å²) in [4.78, 5) is 12.8. The molecule has 2 aromatic rings. The number of nitrogens with one attached hydrogen (secondary N) is 1. The third kappa shape index (κ3) is 3.95. The molecule has 0 aliphatic heterocycles. The molecule has 130 valence electrons. The van der Waals surface area contributed by atoms with Crippen LogP contribution in [0.3, 0.4) is 0 Å². The van der Waals surface area contributed by atoms with E-state index in [2.05, 4.69) is 5.32 Å². The van der Waals surface area contributed by atoms with Crippen LogP contribution in [0.25, 0.3) is 0 Å². The molecule has 1 amide bonds. The monoisotopic (exact) mass is 368 g/mol. The van der Waals surface area contributed by atoms with Gasteiger partial charge in [0, 0.05) is 31.1 Å². The number of carbonyl (C=O) groups is 1. The third-order valence-corrected chi connectivity index (χ3v) is 6.07. The van der Waals surface area contributed by atoms with Crippen molar-refractivity contribution in [3.63, 3.8) is 0 Å². The first-order valence-corrected chi connectivity index (χ1v) is 9.69. The van der Waals surface area contributed by atoms with Crippen LogP contribution in [0.15, 0.2) is 40.6 Å². The van der Waals surface area contributed by atoms with E-state index >= 15 is 0 Å². The first-order valence-electron chi connectivity index (χ1n) is 7.37. The van der Waals surface area contributed by atoms with Gasteiger partial charge in [-0.2, -0.15) is 4.31 Å². The van der Waals surface area contributed by atoms with Gasteiger partial charge in [-0.25, -0.2) is 8.42 Å². The van der Waals surface area contributed by atoms with Gasteiger partial charge in [-0.3, -0.25) is 4.79 Å². The SMILES string of the molecule is CCOc1ccc(C(=O)NC)cc1S(=O)(=O)N(C)Cc1cccs1. The largest absolute Gasteiger partial charge is 0.492 e. The average Bonchev–Trinajstić information content (AvgIpc) is 3.07. The van der Waals surface area contributed by atoms with Gasteiger partial charge in [-0.15, -0.1) is 11.3 Å². The fraction of sp³-hybridized carbons (Fsp3) is 0.312. The molecule has 1 heterocycles. The zero-order chi connectivity index (χ0) is 17.7. The molecule has 8 heteroatoms. The molecule has 0 radical (unpaired) electrons. The predicted octanol–water partition coefficient (Wildman–Crippen LogP) is 2.33. The second-order valence-corrected chi connectivity index (χ2v) is 8.06. The Hall–Kier alpha value is -1.90. The second kappa shape index (κ2) is 7.78. The highest BCUT2D eigenvalue weighted by Gasteiger charge is 2.26. The van der Waals surface area contributed by atoms with Gasteiger partial charge in [0.2, 0.25) is 10.0 Å². The van der Waals surface area contributed by atoms with Crippen LogP contribution in [0, 0.1) is 0 Å². The summed E-state index contributed by atoms with van der Waals surface area (Å²) in [5.74, 6) is -0.112. The number of carbonyl (C=O) groups excluding carboxylic acids is 1. The maximum Gasteiger partial charge on any atom is 0.251 e. The predicted molar refractivity (Wildman–Crippen MR) is 94.0 cm³/mol. The van der Waals surface area contributed by atoms with Crippen molar-refractivity contribution in [2.24, 2.45) is 0 Å². The van der Waals surface area contributed by atoms with Gasteiger partial charge < -0.3 is 10.1 Å². The normalized spacial score (nSPS) is 11.5. The lowest BCUT2D eigenvalue weighted by molar-refractivity contribution is 0.0963. The Bertz CT molecular complexity index is 801. The van der Waals surface area contributed by atoms with E-state index in [-0.39, 0.29) is 28.7 Å². The molecule has 1 aromatic heterocycles. The second-order valence-electron chi connectivity index (χ2n) is 5.01.